The second-order valence-corrected chi connectivity index (χ2v) is 7.80. The topological polar surface area (TPSA) is 49.3 Å². The van der Waals surface area contributed by atoms with E-state index in [4.69, 9.17) is 14.5 Å². The lowest BCUT2D eigenvalue weighted by atomic mass is 9.90. The number of guanidine groups is 1. The molecule has 2 unspecified atom stereocenters. The molecule has 6 nitrogen and oxygen atoms in total. The predicted octanol–water partition coefficient (Wildman–Crippen LogP) is 1.03. The average molecular weight is 338 g/mol. The fourth-order valence-corrected chi connectivity index (χ4v) is 3.76. The fraction of sp³-hybridized carbons (Fsp3) is 0.944. The molecule has 6 heteroatoms. The molecule has 3 aliphatic rings. The highest BCUT2D eigenvalue weighted by molar-refractivity contribution is 5.80. The van der Waals surface area contributed by atoms with Gasteiger partial charge in [-0.25, -0.2) is 0 Å². The van der Waals surface area contributed by atoms with E-state index in [-0.39, 0.29) is 5.41 Å². The van der Waals surface area contributed by atoms with Crippen molar-refractivity contribution < 1.29 is 9.47 Å². The number of aliphatic imine (C=N–C) groups is 1. The Labute approximate surface area is 146 Å². The molecular formula is C18H34N4O2. The van der Waals surface area contributed by atoms with Crippen LogP contribution in [0.5, 0.6) is 0 Å². The van der Waals surface area contributed by atoms with E-state index in [1.165, 1.54) is 13.0 Å². The zero-order chi connectivity index (χ0) is 16.8. The minimum Gasteiger partial charge on any atom is -0.381 e. The van der Waals surface area contributed by atoms with Gasteiger partial charge in [0.05, 0.1) is 19.8 Å². The van der Waals surface area contributed by atoms with E-state index in [0.717, 1.165) is 84.0 Å². The Bertz CT molecular complexity index is 409. The Morgan fingerprint density at radius 3 is 2.67 bits per heavy atom. The summed E-state index contributed by atoms with van der Waals surface area (Å²) >= 11 is 0. The van der Waals surface area contributed by atoms with Crippen LogP contribution < -0.4 is 5.32 Å². The van der Waals surface area contributed by atoms with Gasteiger partial charge in [0.25, 0.3) is 0 Å². The highest BCUT2D eigenvalue weighted by Crippen LogP contribution is 2.28. The Hall–Kier alpha value is -0.850. The van der Waals surface area contributed by atoms with E-state index >= 15 is 0 Å². The maximum atomic E-state index is 5.56. The van der Waals surface area contributed by atoms with Gasteiger partial charge in [-0.2, -0.15) is 0 Å². The van der Waals surface area contributed by atoms with Crippen LogP contribution >= 0.6 is 0 Å². The van der Waals surface area contributed by atoms with Gasteiger partial charge < -0.3 is 19.7 Å². The van der Waals surface area contributed by atoms with E-state index in [1.54, 1.807) is 0 Å². The molecule has 3 heterocycles. The molecule has 2 atom stereocenters. The third-order valence-corrected chi connectivity index (χ3v) is 5.46. The van der Waals surface area contributed by atoms with Gasteiger partial charge in [0.2, 0.25) is 0 Å². The molecule has 0 aromatic carbocycles. The zero-order valence-corrected chi connectivity index (χ0v) is 15.4. The van der Waals surface area contributed by atoms with Gasteiger partial charge in [-0.15, -0.1) is 0 Å². The highest BCUT2D eigenvalue weighted by Gasteiger charge is 2.30. The van der Waals surface area contributed by atoms with Crippen LogP contribution in [0.4, 0.5) is 0 Å². The quantitative estimate of drug-likeness (QED) is 0.599. The van der Waals surface area contributed by atoms with Gasteiger partial charge in [-0.3, -0.25) is 9.89 Å². The molecule has 0 radical (unpaired) electrons. The number of nitrogens with one attached hydrogen (secondary N) is 1. The Kier molecular flexibility index (Phi) is 6.36. The van der Waals surface area contributed by atoms with Crippen LogP contribution in [0.1, 0.15) is 26.7 Å². The lowest BCUT2D eigenvalue weighted by Gasteiger charge is -2.37. The van der Waals surface area contributed by atoms with E-state index < -0.39 is 0 Å². The van der Waals surface area contributed by atoms with Crippen LogP contribution in [0, 0.1) is 11.3 Å². The Morgan fingerprint density at radius 2 is 2.04 bits per heavy atom. The zero-order valence-electron chi connectivity index (χ0n) is 15.4. The summed E-state index contributed by atoms with van der Waals surface area (Å²) < 4.78 is 11.1. The van der Waals surface area contributed by atoms with Crippen LogP contribution in [-0.2, 0) is 9.47 Å². The first-order valence-corrected chi connectivity index (χ1v) is 9.60. The molecule has 3 saturated heterocycles. The van der Waals surface area contributed by atoms with Crippen molar-refractivity contribution in [2.24, 2.45) is 16.3 Å². The molecule has 3 aliphatic heterocycles. The molecule has 0 spiro atoms. The summed E-state index contributed by atoms with van der Waals surface area (Å²) in [5, 5.41) is 3.48. The standard InChI is InChI=1S/C18H34N4O2/c1-3-19-17(20-14-18(2)5-11-24-15-18)22-8-6-21(7-9-22)12-16-4-10-23-13-16/h16H,3-15H2,1-2H3,(H,19,20). The monoisotopic (exact) mass is 338 g/mol. The van der Waals surface area contributed by atoms with Gasteiger partial charge in [-0.1, -0.05) is 6.92 Å². The number of ether oxygens (including phenoxy) is 2. The van der Waals surface area contributed by atoms with E-state index in [9.17, 15) is 0 Å². The number of hydrogen-bond acceptors (Lipinski definition) is 4. The number of hydrogen-bond donors (Lipinski definition) is 1. The summed E-state index contributed by atoms with van der Waals surface area (Å²) in [5.74, 6) is 1.82. The van der Waals surface area contributed by atoms with Crippen molar-refractivity contribution in [2.45, 2.75) is 26.7 Å². The van der Waals surface area contributed by atoms with Gasteiger partial charge in [0.15, 0.2) is 5.96 Å². The Balaban J connectivity index is 1.49. The molecule has 0 aliphatic carbocycles. The maximum absolute atomic E-state index is 5.56. The first kappa shape index (κ1) is 18.0. The smallest absolute Gasteiger partial charge is 0.194 e. The average Bonchev–Trinajstić information content (AvgIpc) is 3.25. The number of rotatable bonds is 5. The van der Waals surface area contributed by atoms with Crippen molar-refractivity contribution >= 4 is 5.96 Å². The molecule has 3 rings (SSSR count). The highest BCUT2D eigenvalue weighted by atomic mass is 16.5. The molecule has 24 heavy (non-hydrogen) atoms. The van der Waals surface area contributed by atoms with Crippen molar-refractivity contribution in [2.75, 3.05) is 72.2 Å². The first-order valence-electron chi connectivity index (χ1n) is 9.60. The summed E-state index contributed by atoms with van der Waals surface area (Å²) in [6, 6.07) is 0. The SMILES string of the molecule is CCNC(=NCC1(C)CCOC1)N1CCN(CC2CCOC2)CC1. The van der Waals surface area contributed by atoms with Crippen LogP contribution in [0.2, 0.25) is 0 Å². The second kappa shape index (κ2) is 8.50. The molecule has 0 aromatic rings. The molecule has 0 aromatic heterocycles. The van der Waals surface area contributed by atoms with E-state index in [1.807, 2.05) is 0 Å². The van der Waals surface area contributed by atoms with Crippen molar-refractivity contribution in [3.63, 3.8) is 0 Å². The number of nitrogens with zero attached hydrogens (tertiary/aromatic N) is 3. The van der Waals surface area contributed by atoms with Crippen LogP contribution in [0.25, 0.3) is 0 Å². The molecule has 138 valence electrons. The normalized spacial score (nSPS) is 32.5. The van der Waals surface area contributed by atoms with Gasteiger partial charge in [0, 0.05) is 57.9 Å². The molecule has 0 bridgehead atoms. The molecule has 0 saturated carbocycles. The van der Waals surface area contributed by atoms with Gasteiger partial charge >= 0.3 is 0 Å². The summed E-state index contributed by atoms with van der Waals surface area (Å²) in [4.78, 5) is 9.94. The van der Waals surface area contributed by atoms with Crippen LogP contribution in [0.15, 0.2) is 4.99 Å². The van der Waals surface area contributed by atoms with Gasteiger partial charge in [0.1, 0.15) is 0 Å². The van der Waals surface area contributed by atoms with E-state index in [2.05, 4.69) is 29.0 Å². The summed E-state index contributed by atoms with van der Waals surface area (Å²) in [6.45, 7) is 15.4. The third kappa shape index (κ3) is 4.83. The van der Waals surface area contributed by atoms with Gasteiger partial charge in [-0.05, 0) is 25.7 Å². The third-order valence-electron chi connectivity index (χ3n) is 5.46. The maximum Gasteiger partial charge on any atom is 0.194 e. The first-order chi connectivity index (χ1) is 11.7. The van der Waals surface area contributed by atoms with Crippen molar-refractivity contribution in [3.8, 4) is 0 Å². The fourth-order valence-electron chi connectivity index (χ4n) is 3.76. The van der Waals surface area contributed by atoms with E-state index in [0.29, 0.717) is 0 Å². The van der Waals surface area contributed by atoms with Crippen molar-refractivity contribution in [3.05, 3.63) is 0 Å². The van der Waals surface area contributed by atoms with Crippen molar-refractivity contribution in [1.29, 1.82) is 0 Å². The summed E-state index contributed by atoms with van der Waals surface area (Å²) in [7, 11) is 0. The van der Waals surface area contributed by atoms with Crippen LogP contribution in [0.3, 0.4) is 0 Å². The predicted molar refractivity (Wildman–Crippen MR) is 96.5 cm³/mol. The van der Waals surface area contributed by atoms with Crippen molar-refractivity contribution in [1.82, 2.24) is 15.1 Å². The Morgan fingerprint density at radius 1 is 1.21 bits per heavy atom. The minimum atomic E-state index is 0.213. The largest absolute Gasteiger partial charge is 0.381 e. The lowest BCUT2D eigenvalue weighted by Crippen LogP contribution is -2.53. The van der Waals surface area contributed by atoms with Crippen LogP contribution in [-0.4, -0.2) is 88.0 Å². The molecule has 0 amide bonds. The second-order valence-electron chi connectivity index (χ2n) is 7.80. The summed E-state index contributed by atoms with van der Waals surface area (Å²) in [5.41, 5.74) is 0.213. The lowest BCUT2D eigenvalue weighted by molar-refractivity contribution is 0.138. The molecular weight excluding hydrogens is 304 g/mol. The molecule has 1 N–H and O–H groups in total. The summed E-state index contributed by atoms with van der Waals surface area (Å²) in [6.07, 6.45) is 2.35. The minimum absolute atomic E-state index is 0.213. The molecule has 3 fully saturated rings. The number of piperazine rings is 1.